The van der Waals surface area contributed by atoms with Gasteiger partial charge in [0.25, 0.3) is 0 Å². The average molecular weight is 148 g/mol. The van der Waals surface area contributed by atoms with Crippen molar-refractivity contribution in [2.75, 3.05) is 0 Å². The van der Waals surface area contributed by atoms with Gasteiger partial charge in [-0.15, -0.1) is 0 Å². The maximum absolute atomic E-state index is 8.56. The van der Waals surface area contributed by atoms with Crippen LogP contribution in [0.2, 0.25) is 0 Å². The summed E-state index contributed by atoms with van der Waals surface area (Å²) in [5.41, 5.74) is 0. The molecule has 0 aromatic heterocycles. The van der Waals surface area contributed by atoms with Crippen LogP contribution in [0.4, 0.5) is 9.59 Å². The van der Waals surface area contributed by atoms with Crippen molar-refractivity contribution in [1.82, 2.24) is 0 Å². The van der Waals surface area contributed by atoms with E-state index in [1.165, 1.54) is 0 Å². The third-order valence-corrected chi connectivity index (χ3v) is 0. The molecule has 0 atom stereocenters. The van der Waals surface area contributed by atoms with Gasteiger partial charge in [-0.2, -0.15) is 0 Å². The van der Waals surface area contributed by atoms with Crippen molar-refractivity contribution in [3.8, 4) is 0 Å². The Morgan fingerprint density at radius 3 is 0.889 bits per heavy atom. The molecule has 0 spiro atoms. The molecule has 0 aliphatic carbocycles. The summed E-state index contributed by atoms with van der Waals surface area (Å²) < 4.78 is 0. The fourth-order valence-electron chi connectivity index (χ4n) is 0. The van der Waals surface area contributed by atoms with E-state index in [0.29, 0.717) is 0 Å². The van der Waals surface area contributed by atoms with Gasteiger partial charge in [0, 0.05) is 0 Å². The van der Waals surface area contributed by atoms with E-state index >= 15 is 0 Å². The molecule has 0 unspecified atom stereocenters. The molecule has 0 aliphatic rings. The van der Waals surface area contributed by atoms with Gasteiger partial charge in [-0.3, -0.25) is 0 Å². The Morgan fingerprint density at radius 1 is 0.889 bits per heavy atom. The summed E-state index contributed by atoms with van der Waals surface area (Å²) in [4.78, 5) is 17.1. The van der Waals surface area contributed by atoms with Gasteiger partial charge in [0.05, 0.1) is 0 Å². The summed E-state index contributed by atoms with van der Waals surface area (Å²) in [5, 5.41) is 27.9. The number of hydrogen-bond acceptors (Lipinski definition) is 2. The number of rotatable bonds is 0. The second-order valence-corrected chi connectivity index (χ2v) is 0.565. The van der Waals surface area contributed by atoms with Gasteiger partial charge in [0.15, 0.2) is 0 Å². The van der Waals surface area contributed by atoms with Crippen molar-refractivity contribution in [3.05, 3.63) is 0 Å². The van der Waals surface area contributed by atoms with Crippen LogP contribution in [0.1, 0.15) is 1.43 Å². The van der Waals surface area contributed by atoms with Gasteiger partial charge in [-0.1, -0.05) is 0 Å². The molecule has 0 radical (unpaired) electrons. The smallest absolute Gasteiger partial charge is 1.00 e. The Morgan fingerprint density at radius 2 is 0.889 bits per heavy atom. The molecule has 0 rings (SSSR count). The molecule has 0 aromatic carbocycles. The SMILES string of the molecule is O=C(O)O.O=C(O)O.[H-].[Na+]. The Hall–Kier alpha value is -0.460. The van der Waals surface area contributed by atoms with Gasteiger partial charge in [0.1, 0.15) is 0 Å². The summed E-state index contributed by atoms with van der Waals surface area (Å²) in [5.74, 6) is 0. The van der Waals surface area contributed by atoms with E-state index in [1.807, 2.05) is 0 Å². The van der Waals surface area contributed by atoms with Crippen molar-refractivity contribution < 1.29 is 61.0 Å². The van der Waals surface area contributed by atoms with E-state index in [1.54, 1.807) is 0 Å². The molecule has 0 heterocycles. The van der Waals surface area contributed by atoms with Crippen molar-refractivity contribution in [1.29, 1.82) is 0 Å². The molecule has 0 saturated heterocycles. The Labute approximate surface area is 73.5 Å². The van der Waals surface area contributed by atoms with Crippen molar-refractivity contribution in [3.63, 3.8) is 0 Å². The van der Waals surface area contributed by atoms with E-state index in [9.17, 15) is 0 Å². The molecule has 4 N–H and O–H groups in total. The Bertz CT molecular complexity index is 73.7. The first-order valence-electron chi connectivity index (χ1n) is 1.30. The van der Waals surface area contributed by atoms with Crippen LogP contribution in [0.15, 0.2) is 0 Å². The molecule has 7 heteroatoms. The van der Waals surface area contributed by atoms with E-state index in [2.05, 4.69) is 0 Å². The second-order valence-electron chi connectivity index (χ2n) is 0.565. The van der Waals surface area contributed by atoms with E-state index in [0.717, 1.165) is 0 Å². The first-order valence-corrected chi connectivity index (χ1v) is 1.30. The minimum atomic E-state index is -1.83. The van der Waals surface area contributed by atoms with E-state index in [-0.39, 0.29) is 31.0 Å². The first kappa shape index (κ1) is 15.8. The fourth-order valence-corrected chi connectivity index (χ4v) is 0. The zero-order valence-corrected chi connectivity index (χ0v) is 6.61. The Balaban J connectivity index is -0.0000000300. The molecule has 6 nitrogen and oxygen atoms in total. The fraction of sp³-hybridized carbons (Fsp3) is 0. The maximum Gasteiger partial charge on any atom is 1.00 e. The Kier molecular flexibility index (Phi) is 18.5. The molecule has 0 aromatic rings. The van der Waals surface area contributed by atoms with Crippen LogP contribution < -0.4 is 29.6 Å². The van der Waals surface area contributed by atoms with Crippen LogP contribution in [0.25, 0.3) is 0 Å². The topological polar surface area (TPSA) is 115 Å². The maximum atomic E-state index is 8.56. The van der Waals surface area contributed by atoms with Crippen molar-refractivity contribution in [2.45, 2.75) is 0 Å². The third-order valence-electron chi connectivity index (χ3n) is 0. The predicted octanol–water partition coefficient (Wildman–Crippen LogP) is -2.44. The first-order chi connectivity index (χ1) is 3.46. The molecule has 0 bridgehead atoms. The molecule has 50 valence electrons. The van der Waals surface area contributed by atoms with Gasteiger partial charge in [-0.25, -0.2) is 9.59 Å². The molecule has 0 aliphatic heterocycles. The van der Waals surface area contributed by atoms with Gasteiger partial charge in [0.2, 0.25) is 0 Å². The molecular formula is C2H5NaO6. The molecule has 0 saturated carbocycles. The van der Waals surface area contributed by atoms with Gasteiger partial charge in [-0.05, 0) is 0 Å². The summed E-state index contributed by atoms with van der Waals surface area (Å²) in [6.45, 7) is 0. The third kappa shape index (κ3) is 1090. The van der Waals surface area contributed by atoms with Crippen LogP contribution in [-0.4, -0.2) is 32.7 Å². The van der Waals surface area contributed by atoms with Crippen LogP contribution in [0, 0.1) is 0 Å². The predicted molar refractivity (Wildman–Crippen MR) is 22.4 cm³/mol. The van der Waals surface area contributed by atoms with Gasteiger partial charge >= 0.3 is 41.9 Å². The molecule has 0 amide bonds. The van der Waals surface area contributed by atoms with E-state index < -0.39 is 12.3 Å². The number of carboxylic acid groups (broad SMARTS) is 4. The van der Waals surface area contributed by atoms with Crippen molar-refractivity contribution in [2.24, 2.45) is 0 Å². The summed E-state index contributed by atoms with van der Waals surface area (Å²) >= 11 is 0. The second kappa shape index (κ2) is 10.5. The number of hydrogen-bond donors (Lipinski definition) is 4. The molecule has 0 fully saturated rings. The number of carbonyl (C=O) groups is 2. The van der Waals surface area contributed by atoms with Crippen LogP contribution >= 0.6 is 0 Å². The monoisotopic (exact) mass is 148 g/mol. The quantitative estimate of drug-likeness (QED) is 0.284. The summed E-state index contributed by atoms with van der Waals surface area (Å²) in [7, 11) is 0. The minimum Gasteiger partial charge on any atom is -1.00 e. The zero-order valence-electron chi connectivity index (χ0n) is 5.61. The van der Waals surface area contributed by atoms with Crippen LogP contribution in [0.5, 0.6) is 0 Å². The standard InChI is InChI=1S/2CH2O3.Na.H/c2*2-1(3)4;;/h2*(H2,2,3,4);;/q;;+1;-1. The minimum absolute atomic E-state index is 0. The van der Waals surface area contributed by atoms with Gasteiger partial charge < -0.3 is 21.9 Å². The average Bonchev–Trinajstić information content (AvgIpc) is 1.25. The largest absolute Gasteiger partial charge is 1.00 e. The van der Waals surface area contributed by atoms with E-state index in [4.69, 9.17) is 30.0 Å². The zero-order chi connectivity index (χ0) is 7.15. The van der Waals surface area contributed by atoms with Crippen molar-refractivity contribution >= 4 is 12.3 Å². The van der Waals surface area contributed by atoms with Crippen LogP contribution in [0.3, 0.4) is 0 Å². The summed E-state index contributed by atoms with van der Waals surface area (Å²) in [6.07, 6.45) is -3.67. The molecular weight excluding hydrogens is 143 g/mol. The summed E-state index contributed by atoms with van der Waals surface area (Å²) in [6, 6.07) is 0. The normalized spacial score (nSPS) is 5.33. The van der Waals surface area contributed by atoms with Crippen LogP contribution in [-0.2, 0) is 0 Å². The molecule has 9 heavy (non-hydrogen) atoms.